The molecule has 0 spiro atoms. The number of rotatable bonds is 20. The molecular formula is C16H34O7. The molecule has 0 unspecified atom stereocenters. The third-order valence-electron chi connectivity index (χ3n) is 3.74. The highest BCUT2D eigenvalue weighted by Gasteiger charge is 1.96. The van der Waals surface area contributed by atoms with E-state index in [1.54, 1.807) is 0 Å². The smallest absolute Gasteiger partial charge is 0.0855 e. The molecule has 0 fully saturated rings. The number of hydrogen-bond acceptors (Lipinski definition) is 7. The average molecular weight is 338 g/mol. The minimum absolute atomic E-state index is 0.404. The first-order valence-electron chi connectivity index (χ1n) is 9.01. The third kappa shape index (κ3) is 21.7. The molecule has 0 aliphatic rings. The summed E-state index contributed by atoms with van der Waals surface area (Å²) in [6, 6.07) is 0. The summed E-state index contributed by atoms with van der Waals surface area (Å²) in [6.07, 6.45) is 18.3. The highest BCUT2D eigenvalue weighted by atomic mass is 17.9. The van der Waals surface area contributed by atoms with Gasteiger partial charge in [-0.2, -0.15) is 0 Å². The van der Waals surface area contributed by atoms with Gasteiger partial charge in [0.25, 0.3) is 0 Å². The maximum atomic E-state index is 7.69. The Morgan fingerprint density at radius 3 is 1.43 bits per heavy atom. The van der Waals surface area contributed by atoms with Crippen molar-refractivity contribution in [2.24, 2.45) is 0 Å². The Balaban J connectivity index is 2.92. The van der Waals surface area contributed by atoms with E-state index in [1.165, 1.54) is 77.0 Å². The van der Waals surface area contributed by atoms with Crippen LogP contribution in [0.2, 0.25) is 0 Å². The summed E-state index contributed by atoms with van der Waals surface area (Å²) in [5.41, 5.74) is 0. The van der Waals surface area contributed by atoms with Crippen molar-refractivity contribution in [2.45, 2.75) is 96.8 Å². The maximum Gasteiger partial charge on any atom is 0.0855 e. The fourth-order valence-electron chi connectivity index (χ4n) is 2.44. The predicted octanol–water partition coefficient (Wildman–Crippen LogP) is 5.62. The Bertz CT molecular complexity index is 185. The van der Waals surface area contributed by atoms with Crippen LogP contribution in [-0.2, 0) is 30.1 Å². The fraction of sp³-hybridized carbons (Fsp3) is 1.00. The van der Waals surface area contributed by atoms with Crippen LogP contribution in [0.15, 0.2) is 0 Å². The molecule has 0 radical (unpaired) electrons. The second-order valence-corrected chi connectivity index (χ2v) is 5.76. The predicted molar refractivity (Wildman–Crippen MR) is 84.3 cm³/mol. The molecular weight excluding hydrogens is 304 g/mol. The molecule has 0 aromatic carbocycles. The Labute approximate surface area is 139 Å². The van der Waals surface area contributed by atoms with E-state index in [-0.39, 0.29) is 0 Å². The van der Waals surface area contributed by atoms with Gasteiger partial charge in [0, 0.05) is 0 Å². The molecule has 0 amide bonds. The van der Waals surface area contributed by atoms with Crippen molar-refractivity contribution in [1.82, 2.24) is 0 Å². The van der Waals surface area contributed by atoms with E-state index < -0.39 is 0 Å². The first-order valence-corrected chi connectivity index (χ1v) is 9.01. The molecule has 0 atom stereocenters. The summed E-state index contributed by atoms with van der Waals surface area (Å²) in [5.74, 6) is 0. The molecule has 0 saturated carbocycles. The van der Waals surface area contributed by atoms with E-state index in [0.29, 0.717) is 6.61 Å². The average Bonchev–Trinajstić information content (AvgIpc) is 2.57. The Morgan fingerprint density at radius 1 is 0.522 bits per heavy atom. The van der Waals surface area contributed by atoms with Gasteiger partial charge in [-0.05, 0) is 31.6 Å². The summed E-state index contributed by atoms with van der Waals surface area (Å²) in [7, 11) is 0. The van der Waals surface area contributed by atoms with Crippen LogP contribution in [0.3, 0.4) is 0 Å². The van der Waals surface area contributed by atoms with Gasteiger partial charge in [-0.15, -0.1) is 0 Å². The van der Waals surface area contributed by atoms with Gasteiger partial charge < -0.3 is 0 Å². The normalized spacial score (nSPS) is 11.2. The molecule has 0 saturated heterocycles. The van der Waals surface area contributed by atoms with E-state index in [9.17, 15) is 0 Å². The monoisotopic (exact) mass is 338 g/mol. The SMILES string of the molecule is CCCCCCCCCCCCCCCCOOOOOOO. The minimum atomic E-state index is 0.404. The quantitative estimate of drug-likeness (QED) is 0.175. The minimum Gasteiger partial charge on any atom is -0.219 e. The van der Waals surface area contributed by atoms with Crippen molar-refractivity contribution in [3.63, 3.8) is 0 Å². The lowest BCUT2D eigenvalue weighted by molar-refractivity contribution is -0.787. The molecule has 0 aliphatic carbocycles. The van der Waals surface area contributed by atoms with Crippen LogP contribution in [0.1, 0.15) is 96.8 Å². The lowest BCUT2D eigenvalue weighted by Gasteiger charge is -2.03. The van der Waals surface area contributed by atoms with E-state index in [4.69, 9.17) is 5.26 Å². The second kappa shape index (κ2) is 21.7. The van der Waals surface area contributed by atoms with Crippen LogP contribution < -0.4 is 0 Å². The highest BCUT2D eigenvalue weighted by Crippen LogP contribution is 2.12. The van der Waals surface area contributed by atoms with Crippen LogP contribution in [-0.4, -0.2) is 11.9 Å². The van der Waals surface area contributed by atoms with Crippen molar-refractivity contribution < 1.29 is 35.3 Å². The Morgan fingerprint density at radius 2 is 0.957 bits per heavy atom. The molecule has 140 valence electrons. The van der Waals surface area contributed by atoms with Crippen molar-refractivity contribution in [3.8, 4) is 0 Å². The molecule has 0 heterocycles. The zero-order chi connectivity index (χ0) is 16.8. The molecule has 0 rings (SSSR count). The van der Waals surface area contributed by atoms with E-state index in [0.717, 1.165) is 12.8 Å². The number of hydrogen-bond donors (Lipinski definition) is 1. The molecule has 0 aliphatic heterocycles. The topological polar surface area (TPSA) is 75.6 Å². The standard InChI is InChI=1S/C16H34O7/c1-2-3-4-5-6-7-8-9-10-11-12-13-14-15-16-18-20-22-23-21-19-17/h17H,2-16H2,1H3. The Kier molecular flexibility index (Phi) is 21.5. The molecule has 1 N–H and O–H groups in total. The molecule has 0 bridgehead atoms. The Hall–Kier alpha value is -0.280. The molecule has 0 aromatic rings. The largest absolute Gasteiger partial charge is 0.219 e. The van der Waals surface area contributed by atoms with E-state index >= 15 is 0 Å². The summed E-state index contributed by atoms with van der Waals surface area (Å²) in [5, 5.41) is 25.9. The lowest BCUT2D eigenvalue weighted by atomic mass is 10.0. The summed E-state index contributed by atoms with van der Waals surface area (Å²) in [6.45, 7) is 2.66. The van der Waals surface area contributed by atoms with E-state index in [2.05, 4.69) is 37.0 Å². The molecule has 7 heteroatoms. The highest BCUT2D eigenvalue weighted by molar-refractivity contribution is 4.49. The zero-order valence-electron chi connectivity index (χ0n) is 14.5. The van der Waals surface area contributed by atoms with Crippen LogP contribution >= 0.6 is 0 Å². The lowest BCUT2D eigenvalue weighted by Crippen LogP contribution is -2.00. The van der Waals surface area contributed by atoms with Crippen molar-refractivity contribution >= 4 is 0 Å². The van der Waals surface area contributed by atoms with Gasteiger partial charge in [0.2, 0.25) is 0 Å². The van der Waals surface area contributed by atoms with Crippen molar-refractivity contribution in [1.29, 1.82) is 0 Å². The van der Waals surface area contributed by atoms with Gasteiger partial charge in [-0.1, -0.05) is 90.4 Å². The first-order chi connectivity index (χ1) is 11.4. The molecule has 0 aromatic heterocycles. The van der Waals surface area contributed by atoms with Crippen LogP contribution in [0.4, 0.5) is 0 Å². The number of unbranched alkanes of at least 4 members (excludes halogenated alkanes) is 13. The van der Waals surface area contributed by atoms with Gasteiger partial charge in [0.15, 0.2) is 0 Å². The van der Waals surface area contributed by atoms with Gasteiger partial charge in [0.05, 0.1) is 6.61 Å². The van der Waals surface area contributed by atoms with Gasteiger partial charge in [-0.25, -0.2) is 10.1 Å². The van der Waals surface area contributed by atoms with Crippen LogP contribution in [0.5, 0.6) is 0 Å². The fourth-order valence-corrected chi connectivity index (χ4v) is 2.44. The van der Waals surface area contributed by atoms with Gasteiger partial charge in [-0.3, -0.25) is 0 Å². The van der Waals surface area contributed by atoms with Crippen LogP contribution in [0, 0.1) is 0 Å². The van der Waals surface area contributed by atoms with Crippen molar-refractivity contribution in [2.75, 3.05) is 6.61 Å². The molecule has 7 nitrogen and oxygen atoms in total. The second-order valence-electron chi connectivity index (χ2n) is 5.76. The summed E-state index contributed by atoms with van der Waals surface area (Å²) < 4.78 is 0. The first kappa shape index (κ1) is 22.7. The summed E-state index contributed by atoms with van der Waals surface area (Å²) >= 11 is 0. The zero-order valence-corrected chi connectivity index (χ0v) is 14.5. The third-order valence-corrected chi connectivity index (χ3v) is 3.74. The maximum absolute atomic E-state index is 7.69. The summed E-state index contributed by atoms with van der Waals surface area (Å²) in [4.78, 5) is 4.62. The van der Waals surface area contributed by atoms with E-state index in [1.807, 2.05) is 0 Å². The van der Waals surface area contributed by atoms with Crippen molar-refractivity contribution in [3.05, 3.63) is 0 Å². The van der Waals surface area contributed by atoms with Gasteiger partial charge in [0.1, 0.15) is 0 Å². The van der Waals surface area contributed by atoms with Gasteiger partial charge >= 0.3 is 0 Å². The van der Waals surface area contributed by atoms with Crippen LogP contribution in [0.25, 0.3) is 0 Å². The molecule has 23 heavy (non-hydrogen) atoms.